The summed E-state index contributed by atoms with van der Waals surface area (Å²) in [6.45, 7) is 2.20. The molecule has 0 aliphatic carbocycles. The Bertz CT molecular complexity index is 1180. The lowest BCUT2D eigenvalue weighted by atomic mass is 10.1. The summed E-state index contributed by atoms with van der Waals surface area (Å²) in [5, 5.41) is 5.24. The smallest absolute Gasteiger partial charge is 0.235 e. The van der Waals surface area contributed by atoms with Gasteiger partial charge in [-0.05, 0) is 47.4 Å². The predicted molar refractivity (Wildman–Crippen MR) is 122 cm³/mol. The van der Waals surface area contributed by atoms with Crippen LogP contribution < -0.4 is 10.2 Å². The molecule has 4 aromatic rings. The summed E-state index contributed by atoms with van der Waals surface area (Å²) in [4.78, 5) is 15.7. The Kier molecular flexibility index (Phi) is 5.37. The zero-order valence-corrected chi connectivity index (χ0v) is 17.8. The molecular formula is C21H20N6OS2. The van der Waals surface area contributed by atoms with Gasteiger partial charge in [0.1, 0.15) is 10.8 Å². The molecule has 1 fully saturated rings. The molecule has 9 heteroatoms. The number of hydrogen-bond donors (Lipinski definition) is 1. The van der Waals surface area contributed by atoms with Gasteiger partial charge in [0.15, 0.2) is 0 Å². The highest BCUT2D eigenvalue weighted by Gasteiger charge is 2.16. The average molecular weight is 437 g/mol. The van der Waals surface area contributed by atoms with Gasteiger partial charge >= 0.3 is 0 Å². The SMILES string of the molecule is O=S1CCN(c2ccc(CNc3nsc(-c4ccc5ncccc5c4)n3)cn2)CC1. The molecule has 1 saturated heterocycles. The lowest BCUT2D eigenvalue weighted by Crippen LogP contribution is -2.38. The predicted octanol–water partition coefficient (Wildman–Crippen LogP) is 3.33. The van der Waals surface area contributed by atoms with Crippen LogP contribution in [-0.2, 0) is 17.3 Å². The molecule has 0 radical (unpaired) electrons. The molecule has 5 rings (SSSR count). The van der Waals surface area contributed by atoms with Crippen LogP contribution in [0, 0.1) is 0 Å². The third kappa shape index (κ3) is 4.17. The van der Waals surface area contributed by atoms with Gasteiger partial charge < -0.3 is 10.2 Å². The molecule has 0 atom stereocenters. The molecule has 152 valence electrons. The highest BCUT2D eigenvalue weighted by molar-refractivity contribution is 7.85. The quantitative estimate of drug-likeness (QED) is 0.514. The van der Waals surface area contributed by atoms with E-state index in [4.69, 9.17) is 0 Å². The molecule has 1 aromatic carbocycles. The summed E-state index contributed by atoms with van der Waals surface area (Å²) in [5.41, 5.74) is 3.07. The van der Waals surface area contributed by atoms with Crippen LogP contribution in [0.5, 0.6) is 0 Å². The zero-order chi connectivity index (χ0) is 20.3. The number of nitrogens with zero attached hydrogens (tertiary/aromatic N) is 5. The molecule has 1 N–H and O–H groups in total. The average Bonchev–Trinajstić information content (AvgIpc) is 3.27. The lowest BCUT2D eigenvalue weighted by molar-refractivity contribution is 0.672. The number of pyridine rings is 2. The number of rotatable bonds is 5. The summed E-state index contributed by atoms with van der Waals surface area (Å²) in [6.07, 6.45) is 3.67. The van der Waals surface area contributed by atoms with E-state index >= 15 is 0 Å². The van der Waals surface area contributed by atoms with E-state index in [2.05, 4.69) is 41.7 Å². The number of aromatic nitrogens is 4. The summed E-state index contributed by atoms with van der Waals surface area (Å²) in [6, 6.07) is 14.2. The van der Waals surface area contributed by atoms with Crippen molar-refractivity contribution in [2.75, 3.05) is 34.8 Å². The van der Waals surface area contributed by atoms with E-state index in [1.54, 1.807) is 6.20 Å². The van der Waals surface area contributed by atoms with Gasteiger partial charge in [-0.25, -0.2) is 4.98 Å². The standard InChI is InChI=1S/C21H20N6OS2/c28-30-10-8-27(9-11-30)19-6-3-15(13-23-19)14-24-21-25-20(29-26-21)17-4-5-18-16(12-17)2-1-7-22-18/h1-7,12-13H,8-11,14H2,(H,24,26). The van der Waals surface area contributed by atoms with Crippen LogP contribution >= 0.6 is 11.5 Å². The molecule has 0 spiro atoms. The van der Waals surface area contributed by atoms with Crippen LogP contribution in [-0.4, -0.2) is 48.1 Å². The van der Waals surface area contributed by atoms with Gasteiger partial charge in [0.05, 0.1) is 5.52 Å². The minimum absolute atomic E-state index is 0.606. The molecule has 3 aromatic heterocycles. The molecule has 0 amide bonds. The summed E-state index contributed by atoms with van der Waals surface area (Å²) < 4.78 is 15.9. The van der Waals surface area contributed by atoms with Gasteiger partial charge in [0.2, 0.25) is 5.95 Å². The molecule has 7 nitrogen and oxygen atoms in total. The van der Waals surface area contributed by atoms with Crippen molar-refractivity contribution in [1.82, 2.24) is 19.3 Å². The molecule has 30 heavy (non-hydrogen) atoms. The van der Waals surface area contributed by atoms with E-state index in [-0.39, 0.29) is 0 Å². The second-order valence-corrected chi connectivity index (χ2v) is 9.50. The topological polar surface area (TPSA) is 83.9 Å². The van der Waals surface area contributed by atoms with Gasteiger partial charge in [-0.3, -0.25) is 9.19 Å². The van der Waals surface area contributed by atoms with Crippen molar-refractivity contribution in [3.05, 3.63) is 60.4 Å². The Hall–Kier alpha value is -2.91. The van der Waals surface area contributed by atoms with E-state index < -0.39 is 10.8 Å². The largest absolute Gasteiger partial charge is 0.355 e. The van der Waals surface area contributed by atoms with Crippen molar-refractivity contribution in [3.8, 4) is 10.6 Å². The molecular weight excluding hydrogens is 416 g/mol. The Morgan fingerprint density at radius 2 is 2.00 bits per heavy atom. The fraction of sp³-hybridized carbons (Fsp3) is 0.238. The first-order valence-corrected chi connectivity index (χ1v) is 12.0. The van der Waals surface area contributed by atoms with E-state index in [1.807, 2.05) is 36.5 Å². The molecule has 4 heterocycles. The van der Waals surface area contributed by atoms with Crippen LogP contribution in [0.2, 0.25) is 0 Å². The van der Waals surface area contributed by atoms with Crippen molar-refractivity contribution >= 4 is 45.0 Å². The maximum Gasteiger partial charge on any atom is 0.235 e. The van der Waals surface area contributed by atoms with E-state index in [0.717, 1.165) is 57.5 Å². The second-order valence-electron chi connectivity index (χ2n) is 7.05. The van der Waals surface area contributed by atoms with Gasteiger partial charge in [-0.2, -0.15) is 9.36 Å². The molecule has 1 aliphatic heterocycles. The number of benzene rings is 1. The molecule has 1 aliphatic rings. The van der Waals surface area contributed by atoms with E-state index in [9.17, 15) is 4.21 Å². The lowest BCUT2D eigenvalue weighted by Gasteiger charge is -2.27. The van der Waals surface area contributed by atoms with Crippen LogP contribution in [0.1, 0.15) is 5.56 Å². The van der Waals surface area contributed by atoms with Crippen molar-refractivity contribution < 1.29 is 4.21 Å². The first kappa shape index (κ1) is 19.1. The highest BCUT2D eigenvalue weighted by atomic mass is 32.2. The highest BCUT2D eigenvalue weighted by Crippen LogP contribution is 2.26. The van der Waals surface area contributed by atoms with Crippen molar-refractivity contribution in [2.45, 2.75) is 6.54 Å². The van der Waals surface area contributed by atoms with Crippen LogP contribution in [0.25, 0.3) is 21.5 Å². The van der Waals surface area contributed by atoms with E-state index in [1.165, 1.54) is 11.5 Å². The Morgan fingerprint density at radius 3 is 2.83 bits per heavy atom. The number of nitrogens with one attached hydrogen (secondary N) is 1. The summed E-state index contributed by atoms with van der Waals surface area (Å²) >= 11 is 1.38. The first-order chi connectivity index (χ1) is 14.7. The van der Waals surface area contributed by atoms with Crippen LogP contribution in [0.4, 0.5) is 11.8 Å². The summed E-state index contributed by atoms with van der Waals surface area (Å²) in [7, 11) is -0.678. The maximum atomic E-state index is 11.5. The summed E-state index contributed by atoms with van der Waals surface area (Å²) in [5.74, 6) is 2.99. The van der Waals surface area contributed by atoms with E-state index in [0.29, 0.717) is 12.5 Å². The zero-order valence-electron chi connectivity index (χ0n) is 16.2. The van der Waals surface area contributed by atoms with Gasteiger partial charge in [-0.1, -0.05) is 12.1 Å². The van der Waals surface area contributed by atoms with Crippen molar-refractivity contribution in [3.63, 3.8) is 0 Å². The van der Waals surface area contributed by atoms with Crippen molar-refractivity contribution in [2.24, 2.45) is 0 Å². The second kappa shape index (κ2) is 8.45. The first-order valence-electron chi connectivity index (χ1n) is 9.72. The van der Waals surface area contributed by atoms with Gasteiger partial charge in [0.25, 0.3) is 0 Å². The molecule has 0 bridgehead atoms. The fourth-order valence-corrected chi connectivity index (χ4v) is 5.07. The Morgan fingerprint density at radius 1 is 1.10 bits per heavy atom. The third-order valence-electron chi connectivity index (χ3n) is 5.04. The maximum absolute atomic E-state index is 11.5. The minimum atomic E-state index is -0.678. The van der Waals surface area contributed by atoms with Crippen LogP contribution in [0.3, 0.4) is 0 Å². The Labute approximate surface area is 180 Å². The normalized spacial score (nSPS) is 14.9. The fourth-order valence-electron chi connectivity index (χ4n) is 3.38. The van der Waals surface area contributed by atoms with Gasteiger partial charge in [-0.15, -0.1) is 0 Å². The van der Waals surface area contributed by atoms with Crippen molar-refractivity contribution in [1.29, 1.82) is 0 Å². The minimum Gasteiger partial charge on any atom is -0.355 e. The van der Waals surface area contributed by atoms with Gasteiger partial charge in [0, 0.05) is 65.3 Å². The monoisotopic (exact) mass is 436 g/mol. The number of fused-ring (bicyclic) bond motifs is 1. The number of anilines is 2. The Balaban J connectivity index is 1.23. The molecule has 0 unspecified atom stereocenters. The van der Waals surface area contributed by atoms with Crippen LogP contribution in [0.15, 0.2) is 54.9 Å². The third-order valence-corrected chi connectivity index (χ3v) is 7.08. The molecule has 0 saturated carbocycles. The number of hydrogen-bond acceptors (Lipinski definition) is 8.